The van der Waals surface area contributed by atoms with Gasteiger partial charge in [0.1, 0.15) is 0 Å². The second-order valence-electron chi connectivity index (χ2n) is 7.50. The van der Waals surface area contributed by atoms with E-state index < -0.39 is 0 Å². The van der Waals surface area contributed by atoms with Crippen LogP contribution in [0.4, 0.5) is 0 Å². The first kappa shape index (κ1) is 17.5. The molecule has 1 aliphatic heterocycles. The molecule has 0 spiro atoms. The fourth-order valence-corrected chi connectivity index (χ4v) is 4.79. The average molecular weight is 369 g/mol. The van der Waals surface area contributed by atoms with Crippen LogP contribution in [-0.4, -0.2) is 26.1 Å². The number of pyridine rings is 1. The van der Waals surface area contributed by atoms with Crippen LogP contribution in [-0.2, 0) is 0 Å². The molecule has 4 nitrogen and oxygen atoms in total. The molecule has 2 aliphatic rings. The molecule has 2 atom stereocenters. The molecule has 0 unspecified atom stereocenters. The van der Waals surface area contributed by atoms with Crippen molar-refractivity contribution < 1.29 is 0 Å². The summed E-state index contributed by atoms with van der Waals surface area (Å²) < 4.78 is 2.44. The van der Waals surface area contributed by atoms with Gasteiger partial charge in [0.15, 0.2) is 5.11 Å². The maximum atomic E-state index is 5.67. The normalized spacial score (nSPS) is 24.0. The van der Waals surface area contributed by atoms with Crippen molar-refractivity contribution in [3.05, 3.63) is 54.1 Å². The molecular formula is C21H28N4S. The summed E-state index contributed by atoms with van der Waals surface area (Å²) in [6, 6.07) is 9.38. The van der Waals surface area contributed by atoms with Crippen LogP contribution in [0.2, 0.25) is 0 Å². The standard InChI is InChI=1S/C21H28N4S/c1-2-13-25-20(19(23-21(25)26)18-10-6-7-12-22-18)16-11-14-24(15-16)17-8-4-3-5-9-17/h6-7,10-12,14-15,17,19-20H,2-5,8-9,13H2,1H3,(H,23,26)/t19-,20+/m0/s1. The first-order valence-electron chi connectivity index (χ1n) is 9.93. The topological polar surface area (TPSA) is 33.1 Å². The summed E-state index contributed by atoms with van der Waals surface area (Å²) in [7, 11) is 0. The van der Waals surface area contributed by atoms with Crippen molar-refractivity contribution in [2.75, 3.05) is 6.54 Å². The van der Waals surface area contributed by atoms with Crippen LogP contribution in [0.25, 0.3) is 0 Å². The van der Waals surface area contributed by atoms with Crippen molar-refractivity contribution >= 4 is 17.3 Å². The monoisotopic (exact) mass is 368 g/mol. The number of thiocarbonyl (C=S) groups is 1. The van der Waals surface area contributed by atoms with Gasteiger partial charge >= 0.3 is 0 Å². The minimum absolute atomic E-state index is 0.109. The van der Waals surface area contributed by atoms with Crippen molar-refractivity contribution in [1.29, 1.82) is 0 Å². The van der Waals surface area contributed by atoms with Gasteiger partial charge in [0.05, 0.1) is 17.8 Å². The van der Waals surface area contributed by atoms with Crippen LogP contribution in [0.5, 0.6) is 0 Å². The highest BCUT2D eigenvalue weighted by molar-refractivity contribution is 7.80. The molecule has 2 fully saturated rings. The first-order valence-corrected chi connectivity index (χ1v) is 10.3. The SMILES string of the molecule is CCCN1C(=S)N[C@@H](c2ccccn2)[C@H]1c1ccn(C2CCCCC2)c1. The van der Waals surface area contributed by atoms with Crippen molar-refractivity contribution in [2.24, 2.45) is 0 Å². The lowest BCUT2D eigenvalue weighted by molar-refractivity contribution is 0.315. The molecule has 1 saturated heterocycles. The van der Waals surface area contributed by atoms with Gasteiger partial charge in [0.25, 0.3) is 0 Å². The molecule has 2 aromatic rings. The van der Waals surface area contributed by atoms with Crippen molar-refractivity contribution in [3.8, 4) is 0 Å². The van der Waals surface area contributed by atoms with Gasteiger partial charge in [-0.15, -0.1) is 0 Å². The third-order valence-corrected chi connectivity index (χ3v) is 6.09. The molecule has 2 aromatic heterocycles. The molecule has 1 N–H and O–H groups in total. The van der Waals surface area contributed by atoms with E-state index in [0.717, 1.165) is 23.8 Å². The highest BCUT2D eigenvalue weighted by Gasteiger charge is 2.39. The quantitative estimate of drug-likeness (QED) is 0.771. The van der Waals surface area contributed by atoms with Crippen molar-refractivity contribution in [1.82, 2.24) is 19.8 Å². The van der Waals surface area contributed by atoms with Gasteiger partial charge in [-0.2, -0.15) is 0 Å². The van der Waals surface area contributed by atoms with Gasteiger partial charge < -0.3 is 14.8 Å². The second-order valence-corrected chi connectivity index (χ2v) is 7.89. The van der Waals surface area contributed by atoms with Gasteiger partial charge in [-0.1, -0.05) is 32.3 Å². The summed E-state index contributed by atoms with van der Waals surface area (Å²) in [5.41, 5.74) is 2.40. The molecule has 5 heteroatoms. The predicted molar refractivity (Wildman–Crippen MR) is 109 cm³/mol. The van der Waals surface area contributed by atoms with E-state index >= 15 is 0 Å². The zero-order valence-corrected chi connectivity index (χ0v) is 16.3. The number of rotatable bonds is 5. The third-order valence-electron chi connectivity index (χ3n) is 5.74. The molecule has 0 bridgehead atoms. The van der Waals surface area contributed by atoms with Crippen LogP contribution >= 0.6 is 12.2 Å². The molecule has 0 amide bonds. The molecule has 4 rings (SSSR count). The Hall–Kier alpha value is -1.88. The van der Waals surface area contributed by atoms with Gasteiger partial charge in [0, 0.05) is 31.2 Å². The Morgan fingerprint density at radius 1 is 1.19 bits per heavy atom. The summed E-state index contributed by atoms with van der Waals surface area (Å²) in [4.78, 5) is 6.95. The summed E-state index contributed by atoms with van der Waals surface area (Å²) >= 11 is 5.67. The Labute approximate surface area is 161 Å². The van der Waals surface area contributed by atoms with Crippen LogP contribution in [0.1, 0.15) is 74.8 Å². The average Bonchev–Trinajstić information content (AvgIpc) is 3.29. The fourth-order valence-electron chi connectivity index (χ4n) is 4.46. The summed E-state index contributed by atoms with van der Waals surface area (Å²) in [6.07, 6.45) is 14.3. The van der Waals surface area contributed by atoms with Gasteiger partial charge in [-0.3, -0.25) is 4.98 Å². The van der Waals surface area contributed by atoms with Crippen LogP contribution in [0.15, 0.2) is 42.9 Å². The molecule has 0 aromatic carbocycles. The molecule has 1 saturated carbocycles. The lowest BCUT2D eigenvalue weighted by atomic mass is 9.95. The van der Waals surface area contributed by atoms with E-state index in [1.54, 1.807) is 0 Å². The highest BCUT2D eigenvalue weighted by Crippen LogP contribution is 2.39. The van der Waals surface area contributed by atoms with Gasteiger partial charge in [-0.05, 0) is 55.2 Å². The van der Waals surface area contributed by atoms with E-state index in [9.17, 15) is 0 Å². The zero-order chi connectivity index (χ0) is 17.9. The number of hydrogen-bond acceptors (Lipinski definition) is 2. The maximum Gasteiger partial charge on any atom is 0.170 e. The molecule has 138 valence electrons. The van der Waals surface area contributed by atoms with Gasteiger partial charge in [0.2, 0.25) is 0 Å². The number of aromatic nitrogens is 2. The second kappa shape index (κ2) is 7.78. The number of nitrogens with one attached hydrogen (secondary N) is 1. The highest BCUT2D eigenvalue weighted by atomic mass is 32.1. The Kier molecular flexibility index (Phi) is 5.25. The van der Waals surface area contributed by atoms with Crippen molar-refractivity contribution in [2.45, 2.75) is 63.6 Å². The Bertz CT molecular complexity index is 735. The molecule has 3 heterocycles. The van der Waals surface area contributed by atoms with Crippen LogP contribution < -0.4 is 5.32 Å². The summed E-state index contributed by atoms with van der Waals surface area (Å²) in [6.45, 7) is 3.18. The molecule has 0 radical (unpaired) electrons. The summed E-state index contributed by atoms with van der Waals surface area (Å²) in [5, 5.41) is 4.37. The van der Waals surface area contributed by atoms with E-state index in [2.05, 4.69) is 57.3 Å². The Balaban J connectivity index is 1.65. The number of nitrogens with zero attached hydrogens (tertiary/aromatic N) is 3. The minimum atomic E-state index is 0.109. The van der Waals surface area contributed by atoms with E-state index in [1.807, 2.05) is 12.3 Å². The molecular weight excluding hydrogens is 340 g/mol. The summed E-state index contributed by atoms with van der Waals surface area (Å²) in [5.74, 6) is 0. The van der Waals surface area contributed by atoms with Gasteiger partial charge in [-0.25, -0.2) is 0 Å². The minimum Gasteiger partial charge on any atom is -0.352 e. The third kappa shape index (κ3) is 3.37. The lowest BCUT2D eigenvalue weighted by Crippen LogP contribution is -2.30. The zero-order valence-electron chi connectivity index (χ0n) is 15.5. The first-order chi connectivity index (χ1) is 12.8. The molecule has 26 heavy (non-hydrogen) atoms. The van der Waals surface area contributed by atoms with E-state index in [0.29, 0.717) is 6.04 Å². The fraction of sp³-hybridized carbons (Fsp3) is 0.524. The van der Waals surface area contributed by atoms with E-state index in [1.165, 1.54) is 37.7 Å². The Morgan fingerprint density at radius 3 is 2.77 bits per heavy atom. The number of hydrogen-bond donors (Lipinski definition) is 1. The van der Waals surface area contributed by atoms with E-state index in [4.69, 9.17) is 12.2 Å². The lowest BCUT2D eigenvalue weighted by Gasteiger charge is -2.27. The van der Waals surface area contributed by atoms with Crippen LogP contribution in [0, 0.1) is 0 Å². The predicted octanol–water partition coefficient (Wildman–Crippen LogP) is 4.77. The van der Waals surface area contributed by atoms with Crippen LogP contribution in [0.3, 0.4) is 0 Å². The van der Waals surface area contributed by atoms with Crippen molar-refractivity contribution in [3.63, 3.8) is 0 Å². The largest absolute Gasteiger partial charge is 0.352 e. The van der Waals surface area contributed by atoms with E-state index in [-0.39, 0.29) is 12.1 Å². The smallest absolute Gasteiger partial charge is 0.170 e. The maximum absolute atomic E-state index is 5.67. The Morgan fingerprint density at radius 2 is 2.04 bits per heavy atom. The molecule has 1 aliphatic carbocycles.